The zero-order valence-corrected chi connectivity index (χ0v) is 21.2. The van der Waals surface area contributed by atoms with Gasteiger partial charge in [0.25, 0.3) is 17.4 Å². The Balaban J connectivity index is 1.67. The van der Waals surface area contributed by atoms with Gasteiger partial charge in [0.2, 0.25) is 0 Å². The number of anilines is 2. The van der Waals surface area contributed by atoms with Gasteiger partial charge in [0.15, 0.2) is 4.96 Å². The Kier molecular flexibility index (Phi) is 7.63. The lowest BCUT2D eigenvalue weighted by Crippen LogP contribution is -2.25. The van der Waals surface area contributed by atoms with Gasteiger partial charge in [0.05, 0.1) is 19.3 Å². The van der Waals surface area contributed by atoms with E-state index in [1.165, 1.54) is 25.3 Å². The molecule has 0 saturated carbocycles. The summed E-state index contributed by atoms with van der Waals surface area (Å²) in [6, 6.07) is 14.2. The molecule has 0 unspecified atom stereocenters. The van der Waals surface area contributed by atoms with Crippen molar-refractivity contribution in [3.63, 3.8) is 0 Å². The van der Waals surface area contributed by atoms with Crippen LogP contribution >= 0.6 is 11.3 Å². The fourth-order valence-electron chi connectivity index (χ4n) is 3.49. The summed E-state index contributed by atoms with van der Waals surface area (Å²) in [6.45, 7) is 3.87. The molecular weight excluding hydrogens is 496 g/mol. The highest BCUT2D eigenvalue weighted by Crippen LogP contribution is 2.25. The number of ether oxygens (including phenoxy) is 2. The van der Waals surface area contributed by atoms with Crippen molar-refractivity contribution in [1.82, 2.24) is 9.38 Å². The number of rotatable bonds is 8. The first-order valence-corrected chi connectivity index (χ1v) is 12.2. The Morgan fingerprint density at radius 1 is 1.00 bits per heavy atom. The van der Waals surface area contributed by atoms with Gasteiger partial charge in [-0.25, -0.2) is 14.2 Å². The summed E-state index contributed by atoms with van der Waals surface area (Å²) < 4.78 is 11.4. The predicted molar refractivity (Wildman–Crippen MR) is 140 cm³/mol. The second kappa shape index (κ2) is 11.0. The van der Waals surface area contributed by atoms with Gasteiger partial charge < -0.3 is 20.1 Å². The van der Waals surface area contributed by atoms with Gasteiger partial charge in [-0.2, -0.15) is 0 Å². The molecule has 2 heterocycles. The van der Waals surface area contributed by atoms with E-state index >= 15 is 0 Å². The second-order valence-electron chi connectivity index (χ2n) is 7.99. The number of hydrogen-bond donors (Lipinski definition) is 2. The Morgan fingerprint density at radius 2 is 1.73 bits per heavy atom. The number of aromatic nitrogens is 2. The summed E-state index contributed by atoms with van der Waals surface area (Å²) in [4.78, 5) is 56.0. The SMILES string of the molecule is CCCOC(=O)c1ccc(NC(=O)c2sc3nc(C)cc(=O)n3c2C(=O)Nc2cccc(OC)c2)cc1. The number of aryl methyl sites for hydroxylation is 1. The first-order chi connectivity index (χ1) is 17.8. The third-order valence-corrected chi connectivity index (χ3v) is 6.25. The standard InChI is InChI=1S/C26H24N4O6S/c1-4-12-36-25(34)16-8-10-17(11-9-16)28-24(33)22-21(30-20(31)13-15(2)27-26(30)37-22)23(32)29-18-6-5-7-19(14-18)35-3/h5-11,13-14H,4,12H2,1-3H3,(H,28,33)(H,29,32). The number of thiazole rings is 1. The molecule has 0 radical (unpaired) electrons. The summed E-state index contributed by atoms with van der Waals surface area (Å²) in [7, 11) is 1.50. The summed E-state index contributed by atoms with van der Waals surface area (Å²) in [5, 5.41) is 5.43. The first-order valence-electron chi connectivity index (χ1n) is 11.4. The van der Waals surface area contributed by atoms with Crippen LogP contribution in [0, 0.1) is 6.92 Å². The van der Waals surface area contributed by atoms with Gasteiger partial charge in [-0.1, -0.05) is 24.3 Å². The Hall–Kier alpha value is -4.51. The molecule has 0 aliphatic rings. The molecule has 0 aliphatic heterocycles. The maximum absolute atomic E-state index is 13.3. The molecular formula is C26H24N4O6S. The molecule has 0 fully saturated rings. The van der Waals surface area contributed by atoms with Crippen LogP contribution in [0.2, 0.25) is 0 Å². The first kappa shape index (κ1) is 25.6. The second-order valence-corrected chi connectivity index (χ2v) is 8.96. The fourth-order valence-corrected chi connectivity index (χ4v) is 4.56. The topological polar surface area (TPSA) is 128 Å². The largest absolute Gasteiger partial charge is 0.497 e. The van der Waals surface area contributed by atoms with E-state index < -0.39 is 23.3 Å². The molecule has 0 atom stereocenters. The molecule has 4 rings (SSSR count). The van der Waals surface area contributed by atoms with Crippen LogP contribution in [0.4, 0.5) is 11.4 Å². The van der Waals surface area contributed by atoms with Crippen molar-refractivity contribution in [3.05, 3.63) is 86.8 Å². The Labute approximate surface area is 215 Å². The normalized spacial score (nSPS) is 10.7. The number of methoxy groups -OCH3 is 1. The molecule has 0 saturated heterocycles. The van der Waals surface area contributed by atoms with Crippen molar-refractivity contribution >= 4 is 45.5 Å². The van der Waals surface area contributed by atoms with Gasteiger partial charge in [0.1, 0.15) is 16.3 Å². The zero-order valence-electron chi connectivity index (χ0n) is 20.4. The van der Waals surface area contributed by atoms with Crippen molar-refractivity contribution in [2.45, 2.75) is 20.3 Å². The van der Waals surface area contributed by atoms with E-state index in [1.807, 2.05) is 6.92 Å². The summed E-state index contributed by atoms with van der Waals surface area (Å²) in [6.07, 6.45) is 0.709. The Morgan fingerprint density at radius 3 is 2.43 bits per heavy atom. The third kappa shape index (κ3) is 5.67. The minimum absolute atomic E-state index is 0.00188. The van der Waals surface area contributed by atoms with Crippen LogP contribution in [0.15, 0.2) is 59.4 Å². The lowest BCUT2D eigenvalue weighted by atomic mass is 10.2. The van der Waals surface area contributed by atoms with E-state index in [0.717, 1.165) is 15.7 Å². The van der Waals surface area contributed by atoms with E-state index in [9.17, 15) is 19.2 Å². The van der Waals surface area contributed by atoms with Gasteiger partial charge in [-0.3, -0.25) is 14.4 Å². The average Bonchev–Trinajstić information content (AvgIpc) is 3.28. The quantitative estimate of drug-likeness (QED) is 0.334. The number of hydrogen-bond acceptors (Lipinski definition) is 8. The molecule has 0 spiro atoms. The van der Waals surface area contributed by atoms with Crippen LogP contribution in [0.5, 0.6) is 5.75 Å². The molecule has 2 aromatic heterocycles. The summed E-state index contributed by atoms with van der Waals surface area (Å²) >= 11 is 0.923. The number of nitrogens with one attached hydrogen (secondary N) is 2. The lowest BCUT2D eigenvalue weighted by Gasteiger charge is -2.09. The van der Waals surface area contributed by atoms with E-state index in [-0.39, 0.29) is 15.5 Å². The molecule has 0 bridgehead atoms. The third-order valence-electron chi connectivity index (χ3n) is 5.21. The molecule has 2 N–H and O–H groups in total. The molecule has 0 aliphatic carbocycles. The molecule has 2 amide bonds. The smallest absolute Gasteiger partial charge is 0.338 e. The van der Waals surface area contributed by atoms with Crippen LogP contribution in [-0.2, 0) is 4.74 Å². The molecule has 190 valence electrons. The number of amides is 2. The number of carbonyl (C=O) groups excluding carboxylic acids is 3. The number of nitrogens with zero attached hydrogens (tertiary/aromatic N) is 2. The van der Waals surface area contributed by atoms with Crippen LogP contribution in [0.3, 0.4) is 0 Å². The molecule has 37 heavy (non-hydrogen) atoms. The maximum Gasteiger partial charge on any atom is 0.338 e. The zero-order chi connectivity index (χ0) is 26.5. The van der Waals surface area contributed by atoms with Crippen LogP contribution < -0.4 is 20.9 Å². The van der Waals surface area contributed by atoms with Crippen molar-refractivity contribution in [3.8, 4) is 5.75 Å². The van der Waals surface area contributed by atoms with Crippen LogP contribution in [0.1, 0.15) is 49.6 Å². The number of esters is 1. The minimum Gasteiger partial charge on any atom is -0.497 e. The van der Waals surface area contributed by atoms with Gasteiger partial charge >= 0.3 is 5.97 Å². The van der Waals surface area contributed by atoms with Crippen molar-refractivity contribution in [2.24, 2.45) is 0 Å². The van der Waals surface area contributed by atoms with Crippen LogP contribution in [-0.4, -0.2) is 40.9 Å². The number of fused-ring (bicyclic) bond motifs is 1. The van der Waals surface area contributed by atoms with E-state index in [2.05, 4.69) is 15.6 Å². The Bertz CT molecular complexity index is 1540. The van der Waals surface area contributed by atoms with E-state index in [0.29, 0.717) is 41.4 Å². The number of benzene rings is 2. The highest BCUT2D eigenvalue weighted by molar-refractivity contribution is 7.19. The van der Waals surface area contributed by atoms with Gasteiger partial charge in [-0.15, -0.1) is 0 Å². The average molecular weight is 521 g/mol. The van der Waals surface area contributed by atoms with Crippen LogP contribution in [0.25, 0.3) is 4.96 Å². The maximum atomic E-state index is 13.3. The van der Waals surface area contributed by atoms with Crippen molar-refractivity contribution in [2.75, 3.05) is 24.4 Å². The predicted octanol–water partition coefficient (Wildman–Crippen LogP) is 4.14. The molecule has 11 heteroatoms. The lowest BCUT2D eigenvalue weighted by molar-refractivity contribution is 0.0505. The molecule has 2 aromatic carbocycles. The molecule has 4 aromatic rings. The van der Waals surface area contributed by atoms with Crippen molar-refractivity contribution in [1.29, 1.82) is 0 Å². The highest BCUT2D eigenvalue weighted by atomic mass is 32.1. The minimum atomic E-state index is -0.661. The van der Waals surface area contributed by atoms with Gasteiger partial charge in [0, 0.05) is 29.2 Å². The fraction of sp³-hybridized carbons (Fsp3) is 0.192. The molecule has 10 nitrogen and oxygen atoms in total. The van der Waals surface area contributed by atoms with Crippen molar-refractivity contribution < 1.29 is 23.9 Å². The summed E-state index contributed by atoms with van der Waals surface area (Å²) in [5.41, 5.74) is 1.00. The van der Waals surface area contributed by atoms with Gasteiger partial charge in [-0.05, 0) is 49.7 Å². The monoisotopic (exact) mass is 520 g/mol. The van der Waals surface area contributed by atoms with E-state index in [1.54, 1.807) is 43.3 Å². The number of carbonyl (C=O) groups is 3. The van der Waals surface area contributed by atoms with E-state index in [4.69, 9.17) is 9.47 Å². The highest BCUT2D eigenvalue weighted by Gasteiger charge is 2.26. The summed E-state index contributed by atoms with van der Waals surface area (Å²) in [5.74, 6) is -1.19.